The van der Waals surface area contributed by atoms with Crippen molar-refractivity contribution in [1.29, 1.82) is 0 Å². The number of allylic oxidation sites excluding steroid dienone is 16. The number of carbonyl (C=O) groups excluding carboxylic acids is 5. The number of likely N-dealkylation sites (N-methyl/N-ethyl adjacent to an activating group) is 2. The largest absolute Gasteiger partial charge is 0.480 e. The van der Waals surface area contributed by atoms with E-state index < -0.39 is 98.6 Å². The van der Waals surface area contributed by atoms with Crippen molar-refractivity contribution in [1.82, 2.24) is 16.0 Å². The Morgan fingerprint density at radius 2 is 0.922 bits per heavy atom. The fourth-order valence-corrected chi connectivity index (χ4v) is 18.8. The number of nitrogens with one attached hydrogen (secondary N) is 3. The minimum atomic E-state index is -4.46. The number of carbonyl (C=O) groups is 6. The van der Waals surface area contributed by atoms with Gasteiger partial charge in [-0.1, -0.05) is 127 Å². The van der Waals surface area contributed by atoms with Crippen molar-refractivity contribution in [2.45, 2.75) is 241 Å². The van der Waals surface area contributed by atoms with Gasteiger partial charge in [0.15, 0.2) is 16.8 Å². The lowest BCUT2D eigenvalue weighted by Gasteiger charge is -2.35. The van der Waals surface area contributed by atoms with Crippen molar-refractivity contribution < 1.29 is 99.3 Å². The zero-order chi connectivity index (χ0) is 93.3. The van der Waals surface area contributed by atoms with Gasteiger partial charge in [0.05, 0.1) is 33.0 Å². The number of ether oxygens (including phenoxy) is 1. The average Bonchev–Trinajstić information content (AvgIpc) is 1.57. The van der Waals surface area contributed by atoms with E-state index in [0.717, 1.165) is 88.1 Å². The van der Waals surface area contributed by atoms with Crippen LogP contribution in [-0.2, 0) is 96.1 Å². The Labute approximate surface area is 766 Å². The molecule has 0 aromatic heterocycles. The Balaban J connectivity index is 0.000000459. The van der Waals surface area contributed by atoms with Crippen LogP contribution in [0.5, 0.6) is 0 Å². The number of nitrogens with zero attached hydrogens (tertiary/aromatic N) is 4. The van der Waals surface area contributed by atoms with Crippen LogP contribution in [-0.4, -0.2) is 177 Å². The number of hydrogen-bond acceptors (Lipinski definition) is 19. The lowest BCUT2D eigenvalue weighted by atomic mass is 9.70. The lowest BCUT2D eigenvalue weighted by molar-refractivity contribution is -0.433. The molecule has 0 saturated carbocycles. The summed E-state index contributed by atoms with van der Waals surface area (Å²) in [5.41, 5.74) is 16.6. The second kappa shape index (κ2) is 46.2. The van der Waals surface area contributed by atoms with Crippen molar-refractivity contribution in [2.75, 3.05) is 74.5 Å². The summed E-state index contributed by atoms with van der Waals surface area (Å²) >= 11 is 0. The first-order chi connectivity index (χ1) is 58.4. The van der Waals surface area contributed by atoms with Crippen LogP contribution in [0.2, 0.25) is 0 Å². The second-order valence-corrected chi connectivity index (χ2v) is 39.1. The summed E-state index contributed by atoms with van der Waals surface area (Å²) in [6.07, 6.45) is 25.4. The Morgan fingerprint density at radius 3 is 1.30 bits per heavy atom. The average molecular weight is 1870 g/mol. The van der Waals surface area contributed by atoms with E-state index in [1.165, 1.54) is 47.9 Å². The molecule has 4 aromatic carbocycles. The maximum absolute atomic E-state index is 14.5. The van der Waals surface area contributed by atoms with E-state index in [0.29, 0.717) is 93.7 Å². The van der Waals surface area contributed by atoms with Gasteiger partial charge in [-0.15, -0.1) is 25.0 Å². The molecular formula is C95H135ClN8O20S4+2. The van der Waals surface area contributed by atoms with Crippen LogP contribution < -0.4 is 31.5 Å². The first-order valence-corrected chi connectivity index (χ1v) is 48.0. The first-order valence-electron chi connectivity index (χ1n) is 42.5. The maximum atomic E-state index is 14.5. The number of amides is 3. The van der Waals surface area contributed by atoms with E-state index >= 15 is 0 Å². The van der Waals surface area contributed by atoms with Crippen molar-refractivity contribution in [3.8, 4) is 0 Å². The highest BCUT2D eigenvalue weighted by atomic mass is 35.5. The van der Waals surface area contributed by atoms with Gasteiger partial charge in [0.1, 0.15) is 24.3 Å². The molecule has 33 heteroatoms. The molecule has 28 nitrogen and oxygen atoms in total. The Hall–Kier alpha value is -9.64. The number of unbranched alkanes of at least 4 members (excludes halogenated alkanes) is 4. The molecule has 4 aromatic rings. The highest BCUT2D eigenvalue weighted by Gasteiger charge is 2.52. The van der Waals surface area contributed by atoms with Crippen molar-refractivity contribution in [3.63, 3.8) is 0 Å². The van der Waals surface area contributed by atoms with Gasteiger partial charge in [-0.25, -0.2) is 0 Å². The Morgan fingerprint density at radius 1 is 0.516 bits per heavy atom. The van der Waals surface area contributed by atoms with Gasteiger partial charge in [-0.2, -0.15) is 34.4 Å². The topological polar surface area (TPSA) is 421 Å². The number of hydrogen-bond donors (Lipinski definition) is 8. The molecule has 9 N–H and O–H groups in total. The van der Waals surface area contributed by atoms with Gasteiger partial charge in [0, 0.05) is 115 Å². The molecule has 0 saturated heterocycles. The van der Waals surface area contributed by atoms with Gasteiger partial charge in [-0.05, 0) is 230 Å². The number of anilines is 2. The van der Waals surface area contributed by atoms with Gasteiger partial charge < -0.3 is 46.1 Å². The highest BCUT2D eigenvalue weighted by molar-refractivity contribution is 7.86. The molecule has 2 atom stereocenters. The number of halogens is 1. The van der Waals surface area contributed by atoms with Crippen LogP contribution in [0.15, 0.2) is 177 Å². The number of esters is 1. The third-order valence-electron chi connectivity index (χ3n) is 23.8. The smallest absolute Gasteiger partial charge is 0.425 e. The number of fused-ring (bicyclic) bond motifs is 4. The molecule has 0 spiro atoms. The molecule has 3 amide bonds. The molecule has 128 heavy (non-hydrogen) atoms. The fourth-order valence-electron chi connectivity index (χ4n) is 17.4. The zero-order valence-corrected chi connectivity index (χ0v) is 79.6. The van der Waals surface area contributed by atoms with Crippen LogP contribution in [0.4, 0.5) is 22.7 Å². The summed E-state index contributed by atoms with van der Waals surface area (Å²) in [7, 11) is -16.4. The summed E-state index contributed by atoms with van der Waals surface area (Å²) in [6, 6.07) is 22.1. The number of nitrogens with two attached hydrogens (primary N) is 1. The molecule has 4 aliphatic heterocycles. The standard InChI is InChI=1S/C46H60N4O9S2.C39H47N3O6S.C8H17NO2.2CH4.ClH.O3S/c1-9-49-38-19-15-31(3)26-36(38)44(5,6)40(49)21-16-33-27-34(17-22-41-45(7,8)37-28-35(61(57,58)59)18-20-39(37)50(41)10-2)30-46(29-33,43(53)48-24-25-60(54,55)56)42(52)47-23-13-11-12-14-32(4)51;1-9-40-35(43)39(36(44)45)23-26(13-18-33-37(5,6)29-20-25(4)12-16-31(29)41(33)10-2)21-27(24-39)14-19-34-38(7,8)30-22-28(49(46,47)48)15-17-32(30)42(34)11-3;1-2-11-8(10)6-4-3-5-7-9;;;;1-4(2)3/h15-22,26-28H,9-14,23-25,29-30H2,1-8H3,(H3-,47,48,52,53,54,55,56,57,58,59);12-22H,9-11,23-24H2,1-8H3,(H2-,40,43,44,45,46,47,48);2-7,9H2,1H3;2*1H4;1H;/p+2. The Kier molecular flexibility index (Phi) is 40.0. The minimum absolute atomic E-state index is 0. The summed E-state index contributed by atoms with van der Waals surface area (Å²) < 4.78 is 135. The number of ketones is 1. The van der Waals surface area contributed by atoms with Crippen LogP contribution in [0.1, 0.15) is 229 Å². The molecule has 2 unspecified atom stereocenters. The number of aryl methyl sites for hydroxylation is 2. The summed E-state index contributed by atoms with van der Waals surface area (Å²) in [5.74, 6) is -3.65. The summed E-state index contributed by atoms with van der Waals surface area (Å²) in [5, 5.41) is 19.0. The minimum Gasteiger partial charge on any atom is -0.480 e. The number of Topliss-reactive ketones (excluding diaryl/α,β-unsaturated/α-hetero) is 1. The van der Waals surface area contributed by atoms with E-state index in [-0.39, 0.29) is 91.9 Å². The lowest BCUT2D eigenvalue weighted by Crippen LogP contribution is -2.53. The van der Waals surface area contributed by atoms with Crippen molar-refractivity contribution in [3.05, 3.63) is 201 Å². The van der Waals surface area contributed by atoms with Gasteiger partial charge in [0.25, 0.3) is 30.4 Å². The predicted octanol–water partition coefficient (Wildman–Crippen LogP) is 15.3. The third kappa shape index (κ3) is 26.4. The van der Waals surface area contributed by atoms with Crippen molar-refractivity contribution >= 4 is 123 Å². The van der Waals surface area contributed by atoms with Crippen LogP contribution in [0.3, 0.4) is 0 Å². The van der Waals surface area contributed by atoms with E-state index in [2.05, 4.69) is 133 Å². The predicted molar refractivity (Wildman–Crippen MR) is 507 cm³/mol. The second-order valence-electron chi connectivity index (χ2n) is 34.2. The van der Waals surface area contributed by atoms with Gasteiger partial charge in [-0.3, -0.25) is 37.6 Å². The zero-order valence-electron chi connectivity index (χ0n) is 75.5. The van der Waals surface area contributed by atoms with Crippen LogP contribution >= 0.6 is 12.4 Å². The monoisotopic (exact) mass is 1870 g/mol. The molecule has 0 bridgehead atoms. The first kappa shape index (κ1) is 111. The number of aliphatic carboxylic acids is 1. The van der Waals surface area contributed by atoms with Gasteiger partial charge >= 0.3 is 22.5 Å². The third-order valence-corrected chi connectivity index (χ3v) is 26.3. The number of rotatable bonds is 32. The molecular weight excluding hydrogens is 1740 g/mol. The Bertz CT molecular complexity index is 5630. The maximum Gasteiger partial charge on any atom is 0.425 e. The van der Waals surface area contributed by atoms with Gasteiger partial charge in [0.2, 0.25) is 29.1 Å². The van der Waals surface area contributed by atoms with E-state index in [4.69, 9.17) is 23.1 Å². The molecule has 0 radical (unpaired) electrons. The number of benzene rings is 4. The SMILES string of the molecule is C.C.CCN1C(=CC=C2C=C(C=CC3=[N+](CC)c4ccc(S(=O)(=O)O)cc4C3(C)C)CC(C(=O)NCCCCCC(C)=O)(C(=O)NCCS(=O)(=O)O)C2)C(C)(C)c2cc(C)ccc21.CCNC(=O)C1(C(=O)O)CC(=CC=C2N(CC)c3ccc(C)cc3C2(C)C)C=C(C=CC2=[N+](CC)c3ccc(S(=O)(=O)O)cc3C2(C)C)C1.CCOC(=O)CCCCCN.Cl.O=S(=O)=O. The number of carboxylic acid groups (broad SMARTS) is 1. The molecule has 10 rings (SSSR count). The quantitative estimate of drug-likeness (QED) is 0.00740. The fraction of sp³-hybridized carbons (Fsp3) is 0.495. The van der Waals surface area contributed by atoms with Crippen molar-refractivity contribution in [2.24, 2.45) is 16.6 Å². The molecule has 6 aliphatic rings. The summed E-state index contributed by atoms with van der Waals surface area (Å²) in [4.78, 5) is 81.9. The normalized spacial score (nSPS) is 19.7. The molecule has 2 aliphatic carbocycles. The highest BCUT2D eigenvalue weighted by Crippen LogP contribution is 2.52. The molecule has 0 fully saturated rings. The summed E-state index contributed by atoms with van der Waals surface area (Å²) in [6.45, 7) is 38.1. The van der Waals surface area contributed by atoms with E-state index in [9.17, 15) is 72.8 Å². The molecule has 704 valence electrons. The molecule has 4 heterocycles. The van der Waals surface area contributed by atoms with Crippen LogP contribution in [0.25, 0.3) is 0 Å². The number of carboxylic acids is 1. The van der Waals surface area contributed by atoms with E-state index in [1.54, 1.807) is 19.1 Å². The van der Waals surface area contributed by atoms with Crippen LogP contribution in [0, 0.1) is 24.7 Å². The van der Waals surface area contributed by atoms with E-state index in [1.807, 2.05) is 103 Å².